The van der Waals surface area contributed by atoms with Crippen LogP contribution in [0.4, 0.5) is 0 Å². The zero-order chi connectivity index (χ0) is 24.3. The second-order valence-electron chi connectivity index (χ2n) is 9.02. The van der Waals surface area contributed by atoms with E-state index in [4.69, 9.17) is 4.98 Å². The lowest BCUT2D eigenvalue weighted by molar-refractivity contribution is 0.346. The fourth-order valence-corrected chi connectivity index (χ4v) is 6.51. The van der Waals surface area contributed by atoms with Crippen LogP contribution in [0.5, 0.6) is 0 Å². The fraction of sp³-hybridized carbons (Fsp3) is 0.321. The quantitative estimate of drug-likeness (QED) is 0.374. The zero-order valence-corrected chi connectivity index (χ0v) is 20.9. The first-order valence-corrected chi connectivity index (χ1v) is 13.8. The highest BCUT2D eigenvalue weighted by Gasteiger charge is 2.27. The van der Waals surface area contributed by atoms with E-state index in [-0.39, 0.29) is 6.04 Å². The third-order valence-electron chi connectivity index (χ3n) is 6.80. The maximum atomic E-state index is 13.2. The highest BCUT2D eigenvalue weighted by atomic mass is 32.2. The Bertz CT molecular complexity index is 1340. The van der Waals surface area contributed by atoms with Gasteiger partial charge in [-0.2, -0.15) is 4.31 Å². The lowest BCUT2D eigenvalue weighted by atomic mass is 9.99. The molecule has 0 radical (unpaired) electrons. The molecule has 0 aliphatic carbocycles. The lowest BCUT2D eigenvalue weighted by Crippen LogP contribution is -2.35. The zero-order valence-electron chi connectivity index (χ0n) is 20.1. The van der Waals surface area contributed by atoms with Gasteiger partial charge in [0, 0.05) is 19.6 Å². The van der Waals surface area contributed by atoms with Crippen LogP contribution in [0.2, 0.25) is 0 Å². The molecule has 0 bridgehead atoms. The van der Waals surface area contributed by atoms with Crippen molar-refractivity contribution >= 4 is 21.1 Å². The molecular formula is C28H32N4O2S. The van der Waals surface area contributed by atoms with Gasteiger partial charge in [0.25, 0.3) is 0 Å². The Kier molecular flexibility index (Phi) is 7.00. The highest BCUT2D eigenvalue weighted by Crippen LogP contribution is 2.26. The fourth-order valence-electron chi connectivity index (χ4n) is 4.97. The first kappa shape index (κ1) is 23.7. The number of nitrogens with one attached hydrogen (secondary N) is 1. The van der Waals surface area contributed by atoms with E-state index >= 15 is 0 Å². The predicted octanol–water partition coefficient (Wildman–Crippen LogP) is 5.11. The maximum absolute atomic E-state index is 13.2. The molecular weight excluding hydrogens is 456 g/mol. The molecule has 0 atom stereocenters. The Balaban J connectivity index is 1.45. The third kappa shape index (κ3) is 4.89. The molecule has 0 spiro atoms. The van der Waals surface area contributed by atoms with Gasteiger partial charge in [-0.25, -0.2) is 13.4 Å². The molecule has 1 N–H and O–H groups in total. The smallest absolute Gasteiger partial charge is 0.243 e. The van der Waals surface area contributed by atoms with Crippen molar-refractivity contribution in [3.05, 3.63) is 95.8 Å². The van der Waals surface area contributed by atoms with Crippen LogP contribution in [0.3, 0.4) is 0 Å². The molecule has 182 valence electrons. The Morgan fingerprint density at radius 3 is 2.11 bits per heavy atom. The number of piperidine rings is 1. The molecule has 0 unspecified atom stereocenters. The number of fused-ring (bicyclic) bond motifs is 1. The molecule has 0 amide bonds. The van der Waals surface area contributed by atoms with E-state index in [9.17, 15) is 8.42 Å². The van der Waals surface area contributed by atoms with Crippen molar-refractivity contribution in [2.45, 2.75) is 50.2 Å². The molecule has 1 fully saturated rings. The number of hydrogen-bond donors (Lipinski definition) is 1. The number of aryl methyl sites for hydroxylation is 1. The van der Waals surface area contributed by atoms with Gasteiger partial charge in [-0.05, 0) is 49.1 Å². The topological polar surface area (TPSA) is 67.2 Å². The van der Waals surface area contributed by atoms with E-state index in [0.717, 1.165) is 42.7 Å². The van der Waals surface area contributed by atoms with Crippen molar-refractivity contribution in [3.8, 4) is 0 Å². The molecule has 4 aromatic rings. The summed E-state index contributed by atoms with van der Waals surface area (Å²) in [6, 6.07) is 26.2. The summed E-state index contributed by atoms with van der Waals surface area (Å²) in [5.41, 5.74) is 4.05. The van der Waals surface area contributed by atoms with Gasteiger partial charge in [-0.15, -0.1) is 0 Å². The Hall–Kier alpha value is -3.00. The number of nitrogens with zero attached hydrogens (tertiary/aromatic N) is 3. The predicted molar refractivity (Wildman–Crippen MR) is 140 cm³/mol. The normalized spacial score (nSPS) is 15.1. The lowest BCUT2D eigenvalue weighted by Gasteiger charge is -2.25. The summed E-state index contributed by atoms with van der Waals surface area (Å²) in [4.78, 5) is 5.21. The number of rotatable bonds is 8. The maximum Gasteiger partial charge on any atom is 0.243 e. The Morgan fingerprint density at radius 1 is 0.886 bits per heavy atom. The van der Waals surface area contributed by atoms with Crippen LogP contribution in [0.1, 0.15) is 49.2 Å². The van der Waals surface area contributed by atoms with Gasteiger partial charge in [0.1, 0.15) is 5.82 Å². The minimum Gasteiger partial charge on any atom is -0.327 e. The molecule has 1 aliphatic rings. The molecule has 7 heteroatoms. The second-order valence-corrected chi connectivity index (χ2v) is 11.0. The average molecular weight is 489 g/mol. The van der Waals surface area contributed by atoms with Crippen molar-refractivity contribution in [1.82, 2.24) is 19.2 Å². The molecule has 2 heterocycles. The summed E-state index contributed by atoms with van der Waals surface area (Å²) in [6.45, 7) is 4.60. The van der Waals surface area contributed by atoms with Gasteiger partial charge >= 0.3 is 0 Å². The van der Waals surface area contributed by atoms with Gasteiger partial charge in [0.05, 0.1) is 28.5 Å². The summed E-state index contributed by atoms with van der Waals surface area (Å²) >= 11 is 0. The second kappa shape index (κ2) is 10.3. The van der Waals surface area contributed by atoms with Crippen molar-refractivity contribution < 1.29 is 8.42 Å². The molecule has 1 aromatic heterocycles. The van der Waals surface area contributed by atoms with E-state index < -0.39 is 10.0 Å². The molecule has 6 nitrogen and oxygen atoms in total. The number of sulfonamides is 1. The molecule has 3 aromatic carbocycles. The third-order valence-corrected chi connectivity index (χ3v) is 8.69. The van der Waals surface area contributed by atoms with Crippen molar-refractivity contribution in [1.29, 1.82) is 0 Å². The largest absolute Gasteiger partial charge is 0.327 e. The van der Waals surface area contributed by atoms with E-state index in [1.54, 1.807) is 16.4 Å². The van der Waals surface area contributed by atoms with E-state index in [2.05, 4.69) is 65.3 Å². The van der Waals surface area contributed by atoms with Crippen LogP contribution in [0.25, 0.3) is 11.0 Å². The van der Waals surface area contributed by atoms with Crippen LogP contribution in [0.15, 0.2) is 83.8 Å². The monoisotopic (exact) mass is 488 g/mol. The SMILES string of the molecule is CCn1c(CNC(c2ccccc2)c2ccccc2)nc2cc(S(=O)(=O)N3CCCCC3)ccc21. The number of imidazole rings is 1. The average Bonchev–Trinajstić information content (AvgIpc) is 3.27. The first-order chi connectivity index (χ1) is 17.1. The van der Waals surface area contributed by atoms with Crippen molar-refractivity contribution in [2.75, 3.05) is 13.1 Å². The molecule has 5 rings (SSSR count). The van der Waals surface area contributed by atoms with Crippen LogP contribution in [0, 0.1) is 0 Å². The van der Waals surface area contributed by atoms with Gasteiger partial charge in [-0.3, -0.25) is 5.32 Å². The summed E-state index contributed by atoms with van der Waals surface area (Å²) in [7, 11) is -3.49. The number of aromatic nitrogens is 2. The van der Waals surface area contributed by atoms with E-state index in [0.29, 0.717) is 24.5 Å². The molecule has 35 heavy (non-hydrogen) atoms. The van der Waals surface area contributed by atoms with Crippen LogP contribution in [-0.2, 0) is 23.1 Å². The van der Waals surface area contributed by atoms with Crippen LogP contribution in [-0.4, -0.2) is 35.4 Å². The molecule has 1 aliphatic heterocycles. The summed E-state index contributed by atoms with van der Waals surface area (Å²) in [6.07, 6.45) is 2.94. The van der Waals surface area contributed by atoms with Crippen molar-refractivity contribution in [3.63, 3.8) is 0 Å². The van der Waals surface area contributed by atoms with E-state index in [1.807, 2.05) is 18.2 Å². The first-order valence-electron chi connectivity index (χ1n) is 12.4. The van der Waals surface area contributed by atoms with Crippen molar-refractivity contribution in [2.24, 2.45) is 0 Å². The van der Waals surface area contributed by atoms with Gasteiger partial charge in [-0.1, -0.05) is 67.1 Å². The molecule has 1 saturated heterocycles. The summed E-state index contributed by atoms with van der Waals surface area (Å²) in [5.74, 6) is 0.895. The molecule has 0 saturated carbocycles. The van der Waals surface area contributed by atoms with Gasteiger partial charge in [0.15, 0.2) is 0 Å². The van der Waals surface area contributed by atoms with Crippen LogP contribution >= 0.6 is 0 Å². The Labute approximate surface area is 207 Å². The minimum absolute atomic E-state index is 0.0255. The highest BCUT2D eigenvalue weighted by molar-refractivity contribution is 7.89. The van der Waals surface area contributed by atoms with E-state index in [1.165, 1.54) is 11.1 Å². The standard InChI is InChI=1S/C28H32N4O2S/c1-2-32-26-17-16-24(35(33,34)31-18-10-5-11-19-31)20-25(26)30-27(32)21-29-28(22-12-6-3-7-13-22)23-14-8-4-9-15-23/h3-4,6-9,12-17,20,28-29H,2,5,10-11,18-19,21H2,1H3. The van der Waals surface area contributed by atoms with Gasteiger partial charge < -0.3 is 4.57 Å². The van der Waals surface area contributed by atoms with Gasteiger partial charge in [0.2, 0.25) is 10.0 Å². The minimum atomic E-state index is -3.49. The summed E-state index contributed by atoms with van der Waals surface area (Å²) < 4.78 is 30.2. The number of benzene rings is 3. The number of hydrogen-bond acceptors (Lipinski definition) is 4. The van der Waals surface area contributed by atoms with Crippen LogP contribution < -0.4 is 5.32 Å². The summed E-state index contributed by atoms with van der Waals surface area (Å²) in [5, 5.41) is 3.69. The Morgan fingerprint density at radius 2 is 1.51 bits per heavy atom.